The van der Waals surface area contributed by atoms with Gasteiger partial charge in [0.25, 0.3) is 11.5 Å². The van der Waals surface area contributed by atoms with Crippen molar-refractivity contribution in [2.45, 2.75) is 20.0 Å². The van der Waals surface area contributed by atoms with E-state index in [0.717, 1.165) is 11.1 Å². The summed E-state index contributed by atoms with van der Waals surface area (Å²) in [5.74, 6) is -0.259. The number of amides is 1. The Bertz CT molecular complexity index is 1230. The molecule has 0 saturated heterocycles. The Balaban J connectivity index is 1.83. The van der Waals surface area contributed by atoms with Crippen LogP contribution in [0.3, 0.4) is 0 Å². The van der Waals surface area contributed by atoms with Crippen LogP contribution in [-0.4, -0.2) is 37.1 Å². The zero-order valence-electron chi connectivity index (χ0n) is 15.5. The monoisotopic (exact) mass is 377 g/mol. The van der Waals surface area contributed by atoms with Crippen molar-refractivity contribution in [2.24, 2.45) is 0 Å². The van der Waals surface area contributed by atoms with E-state index in [1.807, 2.05) is 13.0 Å². The number of aromatic nitrogens is 5. The molecule has 0 aliphatic heterocycles. The summed E-state index contributed by atoms with van der Waals surface area (Å²) in [6.45, 7) is 2.69. The van der Waals surface area contributed by atoms with Crippen LogP contribution in [-0.2, 0) is 13.1 Å². The summed E-state index contributed by atoms with van der Waals surface area (Å²) < 4.78 is 3.25. The van der Waals surface area contributed by atoms with Gasteiger partial charge in [0.15, 0.2) is 0 Å². The topological polar surface area (TPSA) is 106 Å². The highest BCUT2D eigenvalue weighted by molar-refractivity contribution is 6.03. The summed E-state index contributed by atoms with van der Waals surface area (Å²) >= 11 is 0. The Kier molecular flexibility index (Phi) is 4.48. The predicted molar refractivity (Wildman–Crippen MR) is 105 cm³/mol. The summed E-state index contributed by atoms with van der Waals surface area (Å²) in [4.78, 5) is 33.5. The first kappa shape index (κ1) is 17.7. The molecule has 4 aromatic rings. The highest BCUT2D eigenvalue weighted by atomic mass is 16.1. The van der Waals surface area contributed by atoms with Crippen LogP contribution in [0, 0.1) is 0 Å². The van der Waals surface area contributed by atoms with Gasteiger partial charge in [0, 0.05) is 43.8 Å². The third-order valence-corrected chi connectivity index (χ3v) is 4.64. The number of anilines is 1. The smallest absolute Gasteiger partial charge is 0.277 e. The number of aryl methyl sites for hydroxylation is 1. The van der Waals surface area contributed by atoms with Gasteiger partial charge < -0.3 is 15.2 Å². The number of carbonyl (C=O) groups is 1. The molecule has 0 spiro atoms. The molecule has 9 heteroatoms. The molecule has 0 unspecified atom stereocenters. The zero-order chi connectivity index (χ0) is 19.7. The Morgan fingerprint density at radius 2 is 1.93 bits per heavy atom. The van der Waals surface area contributed by atoms with Gasteiger partial charge in [-0.1, -0.05) is 0 Å². The van der Waals surface area contributed by atoms with Gasteiger partial charge in [-0.15, -0.1) is 0 Å². The number of hydrogen-bond acceptors (Lipinski definition) is 6. The Morgan fingerprint density at radius 3 is 2.64 bits per heavy atom. The van der Waals surface area contributed by atoms with Crippen molar-refractivity contribution in [3.63, 3.8) is 0 Å². The van der Waals surface area contributed by atoms with Crippen LogP contribution in [0.5, 0.6) is 0 Å². The number of fused-ring (bicyclic) bond motifs is 3. The molecule has 4 rings (SSSR count). The largest absolute Gasteiger partial charge is 0.387 e. The van der Waals surface area contributed by atoms with Crippen LogP contribution < -0.4 is 16.2 Å². The molecule has 0 aliphatic rings. The van der Waals surface area contributed by atoms with Crippen molar-refractivity contribution < 1.29 is 4.79 Å². The molecule has 3 heterocycles. The van der Waals surface area contributed by atoms with E-state index >= 15 is 0 Å². The minimum absolute atomic E-state index is 0.141. The average Bonchev–Trinajstić information content (AvgIpc) is 3.23. The molecular weight excluding hydrogens is 358 g/mol. The van der Waals surface area contributed by atoms with Crippen molar-refractivity contribution in [3.05, 3.63) is 64.6 Å². The van der Waals surface area contributed by atoms with Gasteiger partial charge in [-0.3, -0.25) is 9.59 Å². The lowest BCUT2D eigenvalue weighted by atomic mass is 10.1. The van der Waals surface area contributed by atoms with Crippen molar-refractivity contribution in [1.82, 2.24) is 29.5 Å². The normalized spacial score (nSPS) is 11.1. The number of benzene rings is 1. The summed E-state index contributed by atoms with van der Waals surface area (Å²) in [5.41, 5.74) is 3.64. The molecular formula is C19H19N7O2. The van der Waals surface area contributed by atoms with E-state index in [2.05, 4.69) is 25.7 Å². The number of carbonyl (C=O) groups excluding carboxylic acids is 1. The fourth-order valence-corrected chi connectivity index (χ4v) is 3.28. The third-order valence-electron chi connectivity index (χ3n) is 4.64. The van der Waals surface area contributed by atoms with E-state index in [4.69, 9.17) is 0 Å². The fourth-order valence-electron chi connectivity index (χ4n) is 3.28. The van der Waals surface area contributed by atoms with E-state index < -0.39 is 0 Å². The van der Waals surface area contributed by atoms with Crippen molar-refractivity contribution in [3.8, 4) is 0 Å². The van der Waals surface area contributed by atoms with Crippen LogP contribution >= 0.6 is 0 Å². The van der Waals surface area contributed by atoms with E-state index in [0.29, 0.717) is 35.4 Å². The molecule has 9 nitrogen and oxygen atoms in total. The standard InChI is InChI=1S/C19H19N7O2/c1-3-25-16-6-13(18(27)23-10-12-8-21-11-22-9-12)14(20-2)7-17(16)26-15(19(25)28)4-5-24-26/h4-9,11,20H,3,10H2,1-2H3,(H,23,27). The van der Waals surface area contributed by atoms with Gasteiger partial charge in [0.2, 0.25) is 0 Å². The lowest BCUT2D eigenvalue weighted by Gasteiger charge is -2.15. The second-order valence-electron chi connectivity index (χ2n) is 6.24. The summed E-state index contributed by atoms with van der Waals surface area (Å²) in [7, 11) is 1.75. The van der Waals surface area contributed by atoms with Crippen molar-refractivity contribution in [2.75, 3.05) is 12.4 Å². The Morgan fingerprint density at radius 1 is 1.14 bits per heavy atom. The molecule has 28 heavy (non-hydrogen) atoms. The van der Waals surface area contributed by atoms with Gasteiger partial charge in [0.1, 0.15) is 11.8 Å². The van der Waals surface area contributed by atoms with Gasteiger partial charge in [-0.05, 0) is 25.1 Å². The van der Waals surface area contributed by atoms with E-state index in [1.165, 1.54) is 6.33 Å². The maximum absolute atomic E-state index is 12.8. The van der Waals surface area contributed by atoms with Crippen LogP contribution in [0.2, 0.25) is 0 Å². The van der Waals surface area contributed by atoms with Gasteiger partial charge in [0.05, 0.1) is 22.8 Å². The first-order valence-corrected chi connectivity index (χ1v) is 8.88. The summed E-state index contributed by atoms with van der Waals surface area (Å²) in [5, 5.41) is 10.2. The molecule has 0 aliphatic carbocycles. The number of nitrogens with zero attached hydrogens (tertiary/aromatic N) is 5. The number of rotatable bonds is 5. The summed E-state index contributed by atoms with van der Waals surface area (Å²) in [6.07, 6.45) is 6.33. The quantitative estimate of drug-likeness (QED) is 0.545. The summed E-state index contributed by atoms with van der Waals surface area (Å²) in [6, 6.07) is 5.25. The minimum Gasteiger partial charge on any atom is -0.387 e. The van der Waals surface area contributed by atoms with Crippen LogP contribution in [0.15, 0.2) is 47.9 Å². The molecule has 0 saturated carbocycles. The SMILES string of the molecule is CCn1c(=O)c2ccnn2c2cc(NC)c(C(=O)NCc3cncnc3)cc21. The molecule has 0 atom stereocenters. The lowest BCUT2D eigenvalue weighted by Crippen LogP contribution is -2.26. The van der Waals surface area contributed by atoms with Crippen molar-refractivity contribution >= 4 is 28.1 Å². The number of hydrogen-bond donors (Lipinski definition) is 2. The third kappa shape index (κ3) is 2.86. The molecule has 2 N–H and O–H groups in total. The molecule has 3 aromatic heterocycles. The van der Waals surface area contributed by atoms with Crippen LogP contribution in [0.1, 0.15) is 22.8 Å². The van der Waals surface area contributed by atoms with E-state index in [-0.39, 0.29) is 11.5 Å². The maximum atomic E-state index is 12.8. The van der Waals surface area contributed by atoms with Crippen molar-refractivity contribution in [1.29, 1.82) is 0 Å². The molecule has 142 valence electrons. The minimum atomic E-state index is -0.259. The molecule has 1 amide bonds. The lowest BCUT2D eigenvalue weighted by molar-refractivity contribution is 0.0951. The van der Waals surface area contributed by atoms with Gasteiger partial charge in [-0.25, -0.2) is 14.5 Å². The second-order valence-corrected chi connectivity index (χ2v) is 6.24. The highest BCUT2D eigenvalue weighted by Crippen LogP contribution is 2.24. The first-order valence-electron chi connectivity index (χ1n) is 8.88. The molecule has 0 bridgehead atoms. The highest BCUT2D eigenvalue weighted by Gasteiger charge is 2.17. The van der Waals surface area contributed by atoms with Crippen LogP contribution in [0.4, 0.5) is 5.69 Å². The Labute approximate surface area is 160 Å². The van der Waals surface area contributed by atoms with E-state index in [1.54, 1.807) is 46.9 Å². The zero-order valence-corrected chi connectivity index (χ0v) is 15.5. The first-order chi connectivity index (χ1) is 13.6. The Hall–Kier alpha value is -3.75. The fraction of sp³-hybridized carbons (Fsp3) is 0.211. The van der Waals surface area contributed by atoms with Gasteiger partial charge in [-0.2, -0.15) is 5.10 Å². The molecule has 0 fully saturated rings. The molecule has 1 aromatic carbocycles. The maximum Gasteiger partial charge on any atom is 0.277 e. The van der Waals surface area contributed by atoms with Gasteiger partial charge >= 0.3 is 0 Å². The molecule has 0 radical (unpaired) electrons. The van der Waals surface area contributed by atoms with Crippen LogP contribution in [0.25, 0.3) is 16.6 Å². The number of nitrogens with one attached hydrogen (secondary N) is 2. The van der Waals surface area contributed by atoms with E-state index in [9.17, 15) is 9.59 Å². The second kappa shape index (κ2) is 7.10. The average molecular weight is 377 g/mol. The predicted octanol–water partition coefficient (Wildman–Crippen LogP) is 1.43.